The minimum atomic E-state index is 0.0833. The summed E-state index contributed by atoms with van der Waals surface area (Å²) in [4.78, 5) is 10.1. The number of hydrogen-bond acceptors (Lipinski definition) is 3. The maximum absolute atomic E-state index is 10.1. The van der Waals surface area contributed by atoms with Crippen LogP contribution >= 0.6 is 23.7 Å². The fraction of sp³-hybridized carbons (Fsp3) is 0.500. The van der Waals surface area contributed by atoms with Crippen molar-refractivity contribution in [3.05, 3.63) is 0 Å². The number of rotatable bonds is 0. The lowest BCUT2D eigenvalue weighted by molar-refractivity contribution is 0.265. The first kappa shape index (κ1) is 4.33. The Balaban J connectivity index is 2.37. The van der Waals surface area contributed by atoms with Gasteiger partial charge in [-0.15, -0.1) is 0 Å². The van der Waals surface area contributed by atoms with E-state index in [-0.39, 0.29) is 5.24 Å². The van der Waals surface area contributed by atoms with Crippen molar-refractivity contribution in [3.63, 3.8) is 0 Å². The second-order valence-electron chi connectivity index (χ2n) is 0.796. The van der Waals surface area contributed by atoms with Crippen LogP contribution in [-0.4, -0.2) is 10.3 Å². The molecule has 1 aliphatic heterocycles. The van der Waals surface area contributed by atoms with Crippen LogP contribution in [0, 0.1) is 0 Å². The largest absolute Gasteiger partial charge is 0.290 e. The predicted octanol–water partition coefficient (Wildman–Crippen LogP) is 1.05. The van der Waals surface area contributed by atoms with Crippen LogP contribution < -0.4 is 4.72 Å². The van der Waals surface area contributed by atoms with Gasteiger partial charge in [0.2, 0.25) is 0 Å². The van der Waals surface area contributed by atoms with E-state index >= 15 is 0 Å². The summed E-state index contributed by atoms with van der Waals surface area (Å²) >= 11 is 2.76. The number of carbonyl (C=O) groups excluding carboxylic acids is 1. The molecule has 1 heterocycles. The third-order valence-electron chi connectivity index (χ3n) is 0.404. The van der Waals surface area contributed by atoms with Crippen LogP contribution in [0.3, 0.4) is 0 Å². The molecule has 1 saturated heterocycles. The maximum atomic E-state index is 10.1. The zero-order valence-corrected chi connectivity index (χ0v) is 4.56. The molecule has 34 valence electrons. The molecule has 1 N–H and O–H groups in total. The molecule has 0 aromatic carbocycles. The summed E-state index contributed by atoms with van der Waals surface area (Å²) in [6.07, 6.45) is 0. The van der Waals surface area contributed by atoms with Gasteiger partial charge < -0.3 is 0 Å². The molecule has 0 aromatic rings. The molecule has 6 heavy (non-hydrogen) atoms. The fourth-order valence-electron chi connectivity index (χ4n) is 0.201. The predicted molar refractivity (Wildman–Crippen MR) is 28.6 cm³/mol. The lowest BCUT2D eigenvalue weighted by Crippen LogP contribution is -1.98. The molecule has 1 amide bonds. The monoisotopic (exact) mass is 121 g/mol. The van der Waals surface area contributed by atoms with Crippen LogP contribution in [0.2, 0.25) is 0 Å². The summed E-state index contributed by atoms with van der Waals surface area (Å²) in [5.41, 5.74) is 0. The highest BCUT2D eigenvalue weighted by Crippen LogP contribution is 2.17. The normalized spacial score (nSPS) is 21.0. The second-order valence-corrected chi connectivity index (χ2v) is 2.89. The Hall–Kier alpha value is 0.170. The smallest absolute Gasteiger partial charge is 0.289 e. The Morgan fingerprint density at radius 1 is 1.83 bits per heavy atom. The molecule has 2 nitrogen and oxygen atoms in total. The molecular formula is C2H3NOS2. The maximum Gasteiger partial charge on any atom is 0.289 e. The van der Waals surface area contributed by atoms with Crippen LogP contribution in [0.1, 0.15) is 0 Å². The van der Waals surface area contributed by atoms with E-state index < -0.39 is 0 Å². The van der Waals surface area contributed by atoms with Crippen LogP contribution in [0.4, 0.5) is 4.79 Å². The minimum absolute atomic E-state index is 0.0833. The van der Waals surface area contributed by atoms with Crippen molar-refractivity contribution in [1.29, 1.82) is 0 Å². The number of amides is 1. The first-order valence-electron chi connectivity index (χ1n) is 1.44. The first-order valence-corrected chi connectivity index (χ1v) is 3.41. The van der Waals surface area contributed by atoms with E-state index in [0.29, 0.717) is 0 Å². The highest BCUT2D eigenvalue weighted by atomic mass is 32.2. The van der Waals surface area contributed by atoms with Crippen LogP contribution in [0.15, 0.2) is 0 Å². The molecule has 0 saturated carbocycles. The van der Waals surface area contributed by atoms with Crippen LogP contribution in [-0.2, 0) is 0 Å². The van der Waals surface area contributed by atoms with Gasteiger partial charge in [0.1, 0.15) is 0 Å². The van der Waals surface area contributed by atoms with Crippen molar-refractivity contribution in [2.24, 2.45) is 0 Å². The van der Waals surface area contributed by atoms with Gasteiger partial charge in [-0.2, -0.15) is 0 Å². The van der Waals surface area contributed by atoms with Crippen molar-refractivity contribution in [1.82, 2.24) is 4.72 Å². The van der Waals surface area contributed by atoms with Gasteiger partial charge in [0.05, 0.1) is 5.08 Å². The third-order valence-corrected chi connectivity index (χ3v) is 2.17. The quantitative estimate of drug-likeness (QED) is 0.486. The van der Waals surface area contributed by atoms with E-state index in [9.17, 15) is 4.79 Å². The number of hydrogen-bond donors (Lipinski definition) is 1. The van der Waals surface area contributed by atoms with Crippen LogP contribution in [0.25, 0.3) is 0 Å². The molecule has 0 aliphatic carbocycles. The minimum Gasteiger partial charge on any atom is -0.290 e. The van der Waals surface area contributed by atoms with E-state index in [1.807, 2.05) is 0 Å². The Morgan fingerprint density at radius 2 is 2.67 bits per heavy atom. The summed E-state index contributed by atoms with van der Waals surface area (Å²) in [6.45, 7) is 0. The lowest BCUT2D eigenvalue weighted by Gasteiger charge is -1.76. The summed E-state index contributed by atoms with van der Waals surface area (Å²) in [6, 6.07) is 0. The van der Waals surface area contributed by atoms with Gasteiger partial charge in [0.15, 0.2) is 0 Å². The SMILES string of the molecule is O=C1NSCS1. The van der Waals surface area contributed by atoms with Gasteiger partial charge in [-0.25, -0.2) is 0 Å². The van der Waals surface area contributed by atoms with Crippen molar-refractivity contribution in [3.8, 4) is 0 Å². The molecular weight excluding hydrogens is 118 g/mol. The summed E-state index contributed by atoms with van der Waals surface area (Å²) < 4.78 is 2.56. The Morgan fingerprint density at radius 3 is 2.83 bits per heavy atom. The second kappa shape index (κ2) is 1.75. The van der Waals surface area contributed by atoms with Crippen molar-refractivity contribution in [2.45, 2.75) is 0 Å². The molecule has 0 radical (unpaired) electrons. The molecule has 4 heteroatoms. The molecule has 0 unspecified atom stereocenters. The van der Waals surface area contributed by atoms with E-state index in [1.54, 1.807) is 0 Å². The molecule has 1 aliphatic rings. The first-order chi connectivity index (χ1) is 2.89. The lowest BCUT2D eigenvalue weighted by atomic mass is 11.5. The molecule has 1 rings (SSSR count). The number of nitrogens with one attached hydrogen (secondary N) is 1. The average Bonchev–Trinajstić information content (AvgIpc) is 1.86. The Labute approximate surface area is 44.2 Å². The third kappa shape index (κ3) is 0.815. The topological polar surface area (TPSA) is 29.1 Å². The zero-order chi connectivity index (χ0) is 4.41. The summed E-state index contributed by atoms with van der Waals surface area (Å²) in [5, 5.41) is 0.943. The van der Waals surface area contributed by atoms with Crippen molar-refractivity contribution in [2.75, 3.05) is 5.08 Å². The standard InChI is InChI=1S/C2H3NOS2/c4-2-3-6-1-5-2/h1H2,(H,3,4). The van der Waals surface area contributed by atoms with Gasteiger partial charge in [-0.1, -0.05) is 11.8 Å². The number of thioether (sulfide) groups is 1. The molecule has 0 spiro atoms. The molecule has 0 aromatic heterocycles. The molecule has 1 fully saturated rings. The highest BCUT2D eigenvalue weighted by Gasteiger charge is 2.07. The fourth-order valence-corrected chi connectivity index (χ4v) is 1.63. The molecule has 0 bridgehead atoms. The molecule has 0 atom stereocenters. The van der Waals surface area contributed by atoms with Crippen molar-refractivity contribution >= 4 is 28.9 Å². The van der Waals surface area contributed by atoms with Gasteiger partial charge >= 0.3 is 0 Å². The van der Waals surface area contributed by atoms with Gasteiger partial charge in [-0.3, -0.25) is 9.52 Å². The van der Waals surface area contributed by atoms with E-state index in [1.165, 1.54) is 23.7 Å². The van der Waals surface area contributed by atoms with E-state index in [4.69, 9.17) is 0 Å². The highest BCUT2D eigenvalue weighted by molar-refractivity contribution is 8.27. The van der Waals surface area contributed by atoms with Crippen molar-refractivity contribution < 1.29 is 4.79 Å². The Kier molecular flexibility index (Phi) is 1.26. The number of carbonyl (C=O) groups is 1. The van der Waals surface area contributed by atoms with Crippen LogP contribution in [0.5, 0.6) is 0 Å². The van der Waals surface area contributed by atoms with Gasteiger partial charge in [-0.05, 0) is 11.9 Å². The van der Waals surface area contributed by atoms with Gasteiger partial charge in [0, 0.05) is 0 Å². The zero-order valence-electron chi connectivity index (χ0n) is 2.93. The van der Waals surface area contributed by atoms with Gasteiger partial charge in [0.25, 0.3) is 5.24 Å². The van der Waals surface area contributed by atoms with E-state index in [0.717, 1.165) is 5.08 Å². The average molecular weight is 121 g/mol. The summed E-state index contributed by atoms with van der Waals surface area (Å²) in [7, 11) is 0. The van der Waals surface area contributed by atoms with E-state index in [2.05, 4.69) is 4.72 Å². The summed E-state index contributed by atoms with van der Waals surface area (Å²) in [5.74, 6) is 0. The Bertz CT molecular complexity index is 65.9.